The van der Waals surface area contributed by atoms with Crippen molar-refractivity contribution in [3.05, 3.63) is 52.2 Å². The van der Waals surface area contributed by atoms with Gasteiger partial charge in [0.15, 0.2) is 11.5 Å². The molecule has 1 saturated carbocycles. The predicted octanol–water partition coefficient (Wildman–Crippen LogP) is 2.95. The Morgan fingerprint density at radius 2 is 2.11 bits per heavy atom. The van der Waals surface area contributed by atoms with Gasteiger partial charge in [-0.3, -0.25) is 9.48 Å². The van der Waals surface area contributed by atoms with E-state index in [4.69, 9.17) is 4.52 Å². The number of hydrogen-bond acceptors (Lipinski definition) is 5. The van der Waals surface area contributed by atoms with Gasteiger partial charge in [0.05, 0.1) is 18.8 Å². The standard InChI is InChI=1S/C19H18FN5O2/c1-10-3-4-12(7-14(10)20)19(26)25-8-13-15(9-25)24(2)22-16(13)18-21-17(23-27-18)11-5-6-11/h3-4,7,11H,5-6,8-9H2,1-2H3. The largest absolute Gasteiger partial charge is 0.332 e. The fraction of sp³-hybridized carbons (Fsp3) is 0.368. The molecule has 8 heteroatoms. The molecule has 0 unspecified atom stereocenters. The number of aromatic nitrogens is 4. The molecule has 1 amide bonds. The smallest absolute Gasteiger partial charge is 0.278 e. The van der Waals surface area contributed by atoms with Crippen LogP contribution in [0, 0.1) is 12.7 Å². The van der Waals surface area contributed by atoms with Crippen molar-refractivity contribution in [1.29, 1.82) is 0 Å². The maximum Gasteiger partial charge on any atom is 0.278 e. The highest BCUT2D eigenvalue weighted by Gasteiger charge is 2.34. The molecule has 0 N–H and O–H groups in total. The maximum atomic E-state index is 13.8. The lowest BCUT2D eigenvalue weighted by Crippen LogP contribution is -2.26. The third kappa shape index (κ3) is 2.63. The molecule has 1 aliphatic carbocycles. The van der Waals surface area contributed by atoms with Gasteiger partial charge in [0.2, 0.25) is 0 Å². The van der Waals surface area contributed by atoms with Crippen molar-refractivity contribution in [2.24, 2.45) is 7.05 Å². The summed E-state index contributed by atoms with van der Waals surface area (Å²) in [5, 5.41) is 8.56. The molecular formula is C19H18FN5O2. The maximum absolute atomic E-state index is 13.8. The summed E-state index contributed by atoms with van der Waals surface area (Å²) in [4.78, 5) is 19.0. The van der Waals surface area contributed by atoms with Gasteiger partial charge in [-0.1, -0.05) is 11.2 Å². The van der Waals surface area contributed by atoms with Crippen molar-refractivity contribution in [1.82, 2.24) is 24.8 Å². The Kier molecular flexibility index (Phi) is 3.43. The minimum atomic E-state index is -0.376. The van der Waals surface area contributed by atoms with Crippen molar-refractivity contribution in [2.75, 3.05) is 0 Å². The highest BCUT2D eigenvalue weighted by atomic mass is 19.1. The Morgan fingerprint density at radius 1 is 1.30 bits per heavy atom. The van der Waals surface area contributed by atoms with E-state index >= 15 is 0 Å². The quantitative estimate of drug-likeness (QED) is 0.711. The second kappa shape index (κ2) is 5.73. The first-order chi connectivity index (χ1) is 13.0. The third-order valence-corrected chi connectivity index (χ3v) is 5.26. The van der Waals surface area contributed by atoms with E-state index in [9.17, 15) is 9.18 Å². The number of amides is 1. The summed E-state index contributed by atoms with van der Waals surface area (Å²) in [6.07, 6.45) is 2.18. The predicted molar refractivity (Wildman–Crippen MR) is 93.2 cm³/mol. The van der Waals surface area contributed by atoms with E-state index in [-0.39, 0.29) is 11.7 Å². The summed E-state index contributed by atoms with van der Waals surface area (Å²) >= 11 is 0. The van der Waals surface area contributed by atoms with Gasteiger partial charge in [-0.15, -0.1) is 0 Å². The van der Waals surface area contributed by atoms with Crippen LogP contribution in [-0.4, -0.2) is 30.7 Å². The molecule has 0 atom stereocenters. The van der Waals surface area contributed by atoms with Crippen molar-refractivity contribution >= 4 is 5.91 Å². The molecule has 0 spiro atoms. The fourth-order valence-electron chi connectivity index (χ4n) is 3.46. The number of halogens is 1. The summed E-state index contributed by atoms with van der Waals surface area (Å²) < 4.78 is 21.0. The summed E-state index contributed by atoms with van der Waals surface area (Å²) in [5.74, 6) is 0.933. The van der Waals surface area contributed by atoms with E-state index < -0.39 is 0 Å². The SMILES string of the molecule is Cc1ccc(C(=O)N2Cc3c(-c4nc(C5CC5)no4)nn(C)c3C2)cc1F. The van der Waals surface area contributed by atoms with Gasteiger partial charge in [0.1, 0.15) is 5.82 Å². The van der Waals surface area contributed by atoms with Crippen LogP contribution in [0.25, 0.3) is 11.6 Å². The number of fused-ring (bicyclic) bond motifs is 1. The van der Waals surface area contributed by atoms with Gasteiger partial charge in [0, 0.05) is 24.1 Å². The number of hydrogen-bond donors (Lipinski definition) is 0. The molecular weight excluding hydrogens is 349 g/mol. The van der Waals surface area contributed by atoms with Crippen molar-refractivity contribution in [3.8, 4) is 11.6 Å². The average molecular weight is 367 g/mol. The number of carbonyl (C=O) groups is 1. The van der Waals surface area contributed by atoms with Crippen LogP contribution in [0.2, 0.25) is 0 Å². The van der Waals surface area contributed by atoms with Gasteiger partial charge < -0.3 is 9.42 Å². The zero-order valence-corrected chi connectivity index (χ0v) is 15.1. The van der Waals surface area contributed by atoms with E-state index in [0.29, 0.717) is 41.7 Å². The molecule has 0 bridgehead atoms. The molecule has 7 nitrogen and oxygen atoms in total. The molecule has 138 valence electrons. The Balaban J connectivity index is 1.44. The van der Waals surface area contributed by atoms with Gasteiger partial charge in [-0.25, -0.2) is 4.39 Å². The molecule has 27 heavy (non-hydrogen) atoms. The van der Waals surface area contributed by atoms with Crippen molar-refractivity contribution in [2.45, 2.75) is 38.8 Å². The van der Waals surface area contributed by atoms with Crippen LogP contribution in [0.4, 0.5) is 4.39 Å². The second-order valence-corrected chi connectivity index (χ2v) is 7.25. The van der Waals surface area contributed by atoms with Crippen LogP contribution in [0.1, 0.15) is 51.8 Å². The molecule has 0 saturated heterocycles. The van der Waals surface area contributed by atoms with Gasteiger partial charge in [0.25, 0.3) is 11.8 Å². The number of rotatable bonds is 3. The van der Waals surface area contributed by atoms with Crippen LogP contribution in [0.15, 0.2) is 22.7 Å². The zero-order chi connectivity index (χ0) is 18.7. The molecule has 1 aliphatic heterocycles. The lowest BCUT2D eigenvalue weighted by Gasteiger charge is -2.16. The monoisotopic (exact) mass is 367 g/mol. The van der Waals surface area contributed by atoms with Gasteiger partial charge in [-0.05, 0) is 37.5 Å². The number of aryl methyl sites for hydroxylation is 2. The molecule has 2 aromatic heterocycles. The Bertz CT molecular complexity index is 1070. The molecule has 1 fully saturated rings. The fourth-order valence-corrected chi connectivity index (χ4v) is 3.46. The van der Waals surface area contributed by atoms with Gasteiger partial charge >= 0.3 is 0 Å². The van der Waals surface area contributed by atoms with Crippen LogP contribution >= 0.6 is 0 Å². The van der Waals surface area contributed by atoms with E-state index in [0.717, 1.165) is 29.9 Å². The van der Waals surface area contributed by atoms with E-state index in [1.165, 1.54) is 6.07 Å². The van der Waals surface area contributed by atoms with E-state index in [1.54, 1.807) is 28.6 Å². The molecule has 3 heterocycles. The Morgan fingerprint density at radius 3 is 2.85 bits per heavy atom. The summed E-state index contributed by atoms with van der Waals surface area (Å²) in [5.41, 5.74) is 3.32. The van der Waals surface area contributed by atoms with E-state index in [2.05, 4.69) is 15.2 Å². The Labute approximate surface area is 154 Å². The van der Waals surface area contributed by atoms with Crippen LogP contribution in [0.3, 0.4) is 0 Å². The lowest BCUT2D eigenvalue weighted by atomic mass is 10.1. The number of nitrogens with zero attached hydrogens (tertiary/aromatic N) is 5. The molecule has 0 radical (unpaired) electrons. The minimum absolute atomic E-state index is 0.208. The molecule has 1 aromatic carbocycles. The number of carbonyl (C=O) groups excluding carboxylic acids is 1. The molecule has 3 aromatic rings. The average Bonchev–Trinajstić information content (AvgIpc) is 3.11. The second-order valence-electron chi connectivity index (χ2n) is 7.25. The molecule has 5 rings (SSSR count). The van der Waals surface area contributed by atoms with Crippen LogP contribution in [-0.2, 0) is 20.1 Å². The first-order valence-corrected chi connectivity index (χ1v) is 8.95. The van der Waals surface area contributed by atoms with Crippen LogP contribution in [0.5, 0.6) is 0 Å². The highest BCUT2D eigenvalue weighted by molar-refractivity contribution is 5.94. The highest BCUT2D eigenvalue weighted by Crippen LogP contribution is 2.39. The zero-order valence-electron chi connectivity index (χ0n) is 15.1. The first-order valence-electron chi connectivity index (χ1n) is 8.95. The van der Waals surface area contributed by atoms with Crippen molar-refractivity contribution in [3.63, 3.8) is 0 Å². The Hall–Kier alpha value is -3.03. The topological polar surface area (TPSA) is 77.1 Å². The van der Waals surface area contributed by atoms with Gasteiger partial charge in [-0.2, -0.15) is 10.1 Å². The van der Waals surface area contributed by atoms with E-state index in [1.807, 2.05) is 7.05 Å². The first kappa shape index (κ1) is 16.2. The number of benzene rings is 1. The summed E-state index contributed by atoms with van der Waals surface area (Å²) in [6, 6.07) is 4.57. The van der Waals surface area contributed by atoms with Crippen LogP contribution < -0.4 is 0 Å². The normalized spacial score (nSPS) is 16.0. The van der Waals surface area contributed by atoms with Crippen molar-refractivity contribution < 1.29 is 13.7 Å². The summed E-state index contributed by atoms with van der Waals surface area (Å²) in [7, 11) is 1.83. The molecule has 2 aliphatic rings. The lowest BCUT2D eigenvalue weighted by molar-refractivity contribution is 0.0748. The summed E-state index contributed by atoms with van der Waals surface area (Å²) in [6.45, 7) is 2.47. The minimum Gasteiger partial charge on any atom is -0.332 e. The third-order valence-electron chi connectivity index (χ3n) is 5.26.